The van der Waals surface area contributed by atoms with E-state index < -0.39 is 0 Å². The number of imide groups is 1. The number of rotatable bonds is 5. The van der Waals surface area contributed by atoms with Gasteiger partial charge in [-0.1, -0.05) is 25.1 Å². The predicted octanol–water partition coefficient (Wildman–Crippen LogP) is 2.70. The number of hydrogen-bond donors (Lipinski definition) is 1. The van der Waals surface area contributed by atoms with E-state index in [1.54, 1.807) is 0 Å². The van der Waals surface area contributed by atoms with Crippen LogP contribution in [0.4, 0.5) is 4.79 Å². The largest absolute Gasteiger partial charge is 0.336 e. The van der Waals surface area contributed by atoms with Gasteiger partial charge in [-0.05, 0) is 36.8 Å². The first-order valence-corrected chi connectivity index (χ1v) is 11.1. The number of nitrogens with one attached hydrogen (secondary N) is 1. The first-order valence-electron chi connectivity index (χ1n) is 9.29. The van der Waals surface area contributed by atoms with Crippen molar-refractivity contribution in [2.45, 2.75) is 37.8 Å². The molecule has 0 radical (unpaired) electrons. The van der Waals surface area contributed by atoms with E-state index in [4.69, 9.17) is 0 Å². The Kier molecular flexibility index (Phi) is 5.23. The molecule has 1 unspecified atom stereocenters. The van der Waals surface area contributed by atoms with Crippen LogP contribution in [0.1, 0.15) is 30.2 Å². The summed E-state index contributed by atoms with van der Waals surface area (Å²) in [6.07, 6.45) is 4.83. The molecule has 144 valence electrons. The Bertz CT molecular complexity index is 875. The maximum absolute atomic E-state index is 12.2. The molecule has 1 atom stereocenters. The molecule has 1 N–H and O–H groups in total. The van der Waals surface area contributed by atoms with Gasteiger partial charge in [-0.2, -0.15) is 0 Å². The van der Waals surface area contributed by atoms with E-state index in [1.807, 2.05) is 23.0 Å². The SMILES string of the molecule is CCC1CCc2sc(-c3nnc(SCC(=O)N4CCNC4=O)n3C)cc2C1. The Hall–Kier alpha value is -1.87. The Balaban J connectivity index is 1.46. The van der Waals surface area contributed by atoms with E-state index >= 15 is 0 Å². The average Bonchev–Trinajstić information content (AvgIpc) is 3.37. The Morgan fingerprint density at radius 3 is 3.04 bits per heavy atom. The molecule has 1 fully saturated rings. The quantitative estimate of drug-likeness (QED) is 0.774. The summed E-state index contributed by atoms with van der Waals surface area (Å²) in [5.74, 6) is 1.62. The zero-order valence-corrected chi connectivity index (χ0v) is 17.2. The molecule has 3 heterocycles. The molecule has 2 aliphatic rings. The van der Waals surface area contributed by atoms with E-state index in [0.29, 0.717) is 18.2 Å². The fourth-order valence-electron chi connectivity index (χ4n) is 3.63. The number of urea groups is 1. The van der Waals surface area contributed by atoms with Gasteiger partial charge in [-0.25, -0.2) is 4.79 Å². The zero-order chi connectivity index (χ0) is 19.0. The van der Waals surface area contributed by atoms with E-state index in [9.17, 15) is 9.59 Å². The minimum atomic E-state index is -0.311. The summed E-state index contributed by atoms with van der Waals surface area (Å²) in [5, 5.41) is 11.9. The van der Waals surface area contributed by atoms with Crippen LogP contribution >= 0.6 is 23.1 Å². The first kappa shape index (κ1) is 18.5. The maximum atomic E-state index is 12.2. The molecule has 1 aliphatic carbocycles. The number of amides is 3. The van der Waals surface area contributed by atoms with Crippen LogP contribution in [0.2, 0.25) is 0 Å². The second-order valence-electron chi connectivity index (χ2n) is 7.01. The van der Waals surface area contributed by atoms with Crippen LogP contribution in [0.3, 0.4) is 0 Å². The summed E-state index contributed by atoms with van der Waals surface area (Å²) >= 11 is 3.13. The van der Waals surface area contributed by atoms with Crippen LogP contribution < -0.4 is 5.32 Å². The minimum Gasteiger partial charge on any atom is -0.336 e. The van der Waals surface area contributed by atoms with Crippen molar-refractivity contribution in [3.8, 4) is 10.7 Å². The third-order valence-electron chi connectivity index (χ3n) is 5.30. The van der Waals surface area contributed by atoms with Crippen molar-refractivity contribution in [3.05, 3.63) is 16.5 Å². The van der Waals surface area contributed by atoms with Crippen LogP contribution in [0.15, 0.2) is 11.2 Å². The van der Waals surface area contributed by atoms with Gasteiger partial charge in [-0.15, -0.1) is 21.5 Å². The lowest BCUT2D eigenvalue weighted by atomic mass is 9.87. The maximum Gasteiger partial charge on any atom is 0.324 e. The number of carbonyl (C=O) groups is 2. The Labute approximate surface area is 166 Å². The number of thioether (sulfide) groups is 1. The molecular weight excluding hydrogens is 382 g/mol. The topological polar surface area (TPSA) is 80.1 Å². The van der Waals surface area contributed by atoms with Gasteiger partial charge in [0.2, 0.25) is 5.91 Å². The van der Waals surface area contributed by atoms with E-state index in [2.05, 4.69) is 28.5 Å². The number of aromatic nitrogens is 3. The molecule has 3 amide bonds. The zero-order valence-electron chi connectivity index (χ0n) is 15.5. The van der Waals surface area contributed by atoms with Gasteiger partial charge in [0.1, 0.15) is 0 Å². The molecule has 0 bridgehead atoms. The molecule has 0 saturated carbocycles. The average molecular weight is 406 g/mol. The smallest absolute Gasteiger partial charge is 0.324 e. The molecular formula is C18H23N5O2S2. The van der Waals surface area contributed by atoms with Crippen molar-refractivity contribution >= 4 is 35.0 Å². The number of hydrogen-bond acceptors (Lipinski definition) is 6. The van der Waals surface area contributed by atoms with Crippen molar-refractivity contribution in [3.63, 3.8) is 0 Å². The highest BCUT2D eigenvalue weighted by molar-refractivity contribution is 7.99. The molecule has 1 saturated heterocycles. The summed E-state index contributed by atoms with van der Waals surface area (Å²) in [4.78, 5) is 27.6. The fraction of sp³-hybridized carbons (Fsp3) is 0.556. The molecule has 9 heteroatoms. The van der Waals surface area contributed by atoms with Crippen LogP contribution in [0.25, 0.3) is 10.7 Å². The predicted molar refractivity (Wildman–Crippen MR) is 106 cm³/mol. The monoisotopic (exact) mass is 405 g/mol. The van der Waals surface area contributed by atoms with Crippen LogP contribution in [0, 0.1) is 5.92 Å². The third-order valence-corrected chi connectivity index (χ3v) is 7.54. The second-order valence-corrected chi connectivity index (χ2v) is 9.09. The van der Waals surface area contributed by atoms with Gasteiger partial charge in [0, 0.05) is 25.0 Å². The van der Waals surface area contributed by atoms with Crippen LogP contribution in [-0.4, -0.2) is 50.4 Å². The number of thiophene rings is 1. The van der Waals surface area contributed by atoms with Gasteiger partial charge in [0.05, 0.1) is 10.6 Å². The minimum absolute atomic E-state index is 0.179. The van der Waals surface area contributed by atoms with Crippen molar-refractivity contribution < 1.29 is 9.59 Å². The molecule has 4 rings (SSSR count). The van der Waals surface area contributed by atoms with E-state index in [1.165, 1.54) is 39.9 Å². The molecule has 1 aliphatic heterocycles. The molecule has 2 aromatic heterocycles. The number of nitrogens with zero attached hydrogens (tertiary/aromatic N) is 4. The molecule has 2 aromatic rings. The molecule has 0 aromatic carbocycles. The Morgan fingerprint density at radius 2 is 2.30 bits per heavy atom. The lowest BCUT2D eigenvalue weighted by Crippen LogP contribution is -2.35. The first-order chi connectivity index (χ1) is 13.1. The number of carbonyl (C=O) groups excluding carboxylic acids is 2. The lowest BCUT2D eigenvalue weighted by molar-refractivity contribution is -0.124. The Morgan fingerprint density at radius 1 is 1.44 bits per heavy atom. The summed E-state index contributed by atoms with van der Waals surface area (Å²) in [7, 11) is 1.93. The highest BCUT2D eigenvalue weighted by Gasteiger charge is 2.27. The highest BCUT2D eigenvalue weighted by Crippen LogP contribution is 2.38. The summed E-state index contributed by atoms with van der Waals surface area (Å²) in [6, 6.07) is 1.95. The standard InChI is InChI=1S/C18H23N5O2S2/c1-3-11-4-5-13-12(8-11)9-14(27-13)16-20-21-18(22(16)2)26-10-15(24)23-7-6-19-17(23)25/h9,11H,3-8,10H2,1-2H3,(H,19,25). The normalized spacial score (nSPS) is 19.3. The van der Waals surface area contributed by atoms with Crippen molar-refractivity contribution in [1.29, 1.82) is 0 Å². The van der Waals surface area contributed by atoms with Gasteiger partial charge in [0.25, 0.3) is 0 Å². The third kappa shape index (κ3) is 3.62. The van der Waals surface area contributed by atoms with Gasteiger partial charge in [0.15, 0.2) is 11.0 Å². The van der Waals surface area contributed by atoms with Gasteiger partial charge >= 0.3 is 6.03 Å². The number of fused-ring (bicyclic) bond motifs is 1. The van der Waals surface area contributed by atoms with E-state index in [-0.39, 0.29) is 17.7 Å². The van der Waals surface area contributed by atoms with Crippen LogP contribution in [0.5, 0.6) is 0 Å². The van der Waals surface area contributed by atoms with Crippen molar-refractivity contribution in [1.82, 2.24) is 25.0 Å². The summed E-state index contributed by atoms with van der Waals surface area (Å²) < 4.78 is 1.94. The van der Waals surface area contributed by atoms with E-state index in [0.717, 1.165) is 29.5 Å². The van der Waals surface area contributed by atoms with Crippen molar-refractivity contribution in [2.24, 2.45) is 13.0 Å². The number of aryl methyl sites for hydroxylation is 1. The highest BCUT2D eigenvalue weighted by atomic mass is 32.2. The van der Waals surface area contributed by atoms with Gasteiger partial charge in [-0.3, -0.25) is 9.69 Å². The second kappa shape index (κ2) is 7.63. The lowest BCUT2D eigenvalue weighted by Gasteiger charge is -2.19. The molecule has 27 heavy (non-hydrogen) atoms. The van der Waals surface area contributed by atoms with Crippen molar-refractivity contribution in [2.75, 3.05) is 18.8 Å². The van der Waals surface area contributed by atoms with Gasteiger partial charge < -0.3 is 9.88 Å². The molecule has 0 spiro atoms. The fourth-order valence-corrected chi connectivity index (χ4v) is 5.64. The summed E-state index contributed by atoms with van der Waals surface area (Å²) in [6.45, 7) is 3.22. The van der Waals surface area contributed by atoms with Crippen LogP contribution in [-0.2, 0) is 24.7 Å². The molecule has 7 nitrogen and oxygen atoms in total. The summed E-state index contributed by atoms with van der Waals surface area (Å²) in [5.41, 5.74) is 1.46.